The molecule has 96 valence electrons. The fraction of sp³-hybridized carbons (Fsp3) is 0.429. The second kappa shape index (κ2) is 4.44. The molecule has 4 nitrogen and oxygen atoms in total. The summed E-state index contributed by atoms with van der Waals surface area (Å²) < 4.78 is 9.65. The van der Waals surface area contributed by atoms with Crippen molar-refractivity contribution >= 4 is 11.9 Å². The van der Waals surface area contributed by atoms with E-state index in [1.807, 2.05) is 37.3 Å². The first kappa shape index (κ1) is 12.6. The highest BCUT2D eigenvalue weighted by molar-refractivity contribution is 5.97. The summed E-state index contributed by atoms with van der Waals surface area (Å²) in [7, 11) is 2.67. The third-order valence-corrected chi connectivity index (χ3v) is 3.83. The van der Waals surface area contributed by atoms with Crippen LogP contribution >= 0.6 is 0 Å². The van der Waals surface area contributed by atoms with Crippen LogP contribution < -0.4 is 0 Å². The molecule has 1 aromatic carbocycles. The van der Waals surface area contributed by atoms with Crippen LogP contribution in [0.5, 0.6) is 0 Å². The fourth-order valence-corrected chi connectivity index (χ4v) is 2.83. The van der Waals surface area contributed by atoms with Crippen LogP contribution in [0.25, 0.3) is 0 Å². The van der Waals surface area contributed by atoms with Gasteiger partial charge in [0.25, 0.3) is 0 Å². The average molecular weight is 248 g/mol. The van der Waals surface area contributed by atoms with Crippen LogP contribution in [0, 0.1) is 11.8 Å². The SMILES string of the molecule is COC(=O)[C@@H]1C(C)[C@@]1(C(=O)OC)c1ccccc1. The molecule has 1 saturated carbocycles. The van der Waals surface area contributed by atoms with Crippen LogP contribution in [-0.4, -0.2) is 26.2 Å². The van der Waals surface area contributed by atoms with Crippen molar-refractivity contribution in [3.8, 4) is 0 Å². The van der Waals surface area contributed by atoms with Gasteiger partial charge in [0.2, 0.25) is 0 Å². The molecule has 0 saturated heterocycles. The average Bonchev–Trinajstić information content (AvgIpc) is 3.05. The summed E-state index contributed by atoms with van der Waals surface area (Å²) in [4.78, 5) is 23.9. The van der Waals surface area contributed by atoms with Crippen molar-refractivity contribution in [2.24, 2.45) is 11.8 Å². The molecule has 1 fully saturated rings. The first-order valence-corrected chi connectivity index (χ1v) is 5.82. The number of hydrogen-bond acceptors (Lipinski definition) is 4. The maximum Gasteiger partial charge on any atom is 0.317 e. The number of carbonyl (C=O) groups excluding carboxylic acids is 2. The van der Waals surface area contributed by atoms with E-state index < -0.39 is 11.3 Å². The van der Waals surface area contributed by atoms with E-state index in [2.05, 4.69) is 0 Å². The Balaban J connectivity index is 2.46. The Morgan fingerprint density at radius 1 is 1.11 bits per heavy atom. The Labute approximate surface area is 106 Å². The second-order valence-electron chi connectivity index (χ2n) is 4.52. The maximum atomic E-state index is 12.1. The number of esters is 2. The minimum atomic E-state index is -0.886. The summed E-state index contributed by atoms with van der Waals surface area (Å²) in [6.45, 7) is 1.87. The maximum absolute atomic E-state index is 12.1. The molecule has 0 aromatic heterocycles. The van der Waals surface area contributed by atoms with Gasteiger partial charge in [0, 0.05) is 0 Å². The van der Waals surface area contributed by atoms with Crippen molar-refractivity contribution in [1.29, 1.82) is 0 Å². The van der Waals surface area contributed by atoms with Crippen molar-refractivity contribution < 1.29 is 19.1 Å². The van der Waals surface area contributed by atoms with Crippen molar-refractivity contribution in [3.63, 3.8) is 0 Å². The zero-order chi connectivity index (χ0) is 13.3. The second-order valence-corrected chi connectivity index (χ2v) is 4.52. The summed E-state index contributed by atoms with van der Waals surface area (Å²) in [5, 5.41) is 0. The molecule has 0 bridgehead atoms. The van der Waals surface area contributed by atoms with E-state index in [9.17, 15) is 9.59 Å². The topological polar surface area (TPSA) is 52.6 Å². The fourth-order valence-electron chi connectivity index (χ4n) is 2.83. The molecule has 1 unspecified atom stereocenters. The van der Waals surface area contributed by atoms with Crippen LogP contribution in [0.1, 0.15) is 12.5 Å². The van der Waals surface area contributed by atoms with E-state index >= 15 is 0 Å². The van der Waals surface area contributed by atoms with Gasteiger partial charge < -0.3 is 9.47 Å². The van der Waals surface area contributed by atoms with Crippen LogP contribution in [0.4, 0.5) is 0 Å². The van der Waals surface area contributed by atoms with Gasteiger partial charge >= 0.3 is 11.9 Å². The van der Waals surface area contributed by atoms with Crippen molar-refractivity contribution in [2.75, 3.05) is 14.2 Å². The normalized spacial score (nSPS) is 29.5. The van der Waals surface area contributed by atoms with E-state index in [4.69, 9.17) is 9.47 Å². The smallest absolute Gasteiger partial charge is 0.317 e. The Kier molecular flexibility index (Phi) is 3.11. The number of benzene rings is 1. The van der Waals surface area contributed by atoms with Gasteiger partial charge in [-0.25, -0.2) is 0 Å². The highest BCUT2D eigenvalue weighted by Gasteiger charge is 2.72. The highest BCUT2D eigenvalue weighted by atomic mass is 16.5. The summed E-state index contributed by atoms with van der Waals surface area (Å²) in [6.07, 6.45) is 0. The molecule has 0 amide bonds. The molecule has 1 aliphatic carbocycles. The van der Waals surface area contributed by atoms with Crippen LogP contribution in [0.2, 0.25) is 0 Å². The Morgan fingerprint density at radius 2 is 1.72 bits per heavy atom. The lowest BCUT2D eigenvalue weighted by molar-refractivity contribution is -0.149. The van der Waals surface area contributed by atoms with Gasteiger partial charge in [-0.2, -0.15) is 0 Å². The molecule has 2 rings (SSSR count). The van der Waals surface area contributed by atoms with Crippen LogP contribution in [0.3, 0.4) is 0 Å². The predicted octanol–water partition coefficient (Wildman–Crippen LogP) is 1.54. The number of rotatable bonds is 3. The van der Waals surface area contributed by atoms with E-state index in [1.165, 1.54) is 14.2 Å². The largest absolute Gasteiger partial charge is 0.469 e. The number of methoxy groups -OCH3 is 2. The Bertz CT molecular complexity index is 468. The lowest BCUT2D eigenvalue weighted by Gasteiger charge is -2.15. The van der Waals surface area contributed by atoms with Crippen LogP contribution in [-0.2, 0) is 24.5 Å². The quantitative estimate of drug-likeness (QED) is 0.761. The molecule has 1 aliphatic rings. The van der Waals surface area contributed by atoms with Crippen molar-refractivity contribution in [1.82, 2.24) is 0 Å². The lowest BCUT2D eigenvalue weighted by Crippen LogP contribution is -2.28. The third-order valence-electron chi connectivity index (χ3n) is 3.83. The molecule has 4 heteroatoms. The van der Waals surface area contributed by atoms with Crippen molar-refractivity contribution in [2.45, 2.75) is 12.3 Å². The summed E-state index contributed by atoms with van der Waals surface area (Å²) in [5.74, 6) is -1.31. The lowest BCUT2D eigenvalue weighted by atomic mass is 9.92. The molecule has 0 spiro atoms. The summed E-state index contributed by atoms with van der Waals surface area (Å²) >= 11 is 0. The molecule has 0 aliphatic heterocycles. The first-order chi connectivity index (χ1) is 8.60. The standard InChI is InChI=1S/C14H16O4/c1-9-11(12(15)17-2)14(9,13(16)18-3)10-7-5-4-6-8-10/h4-9,11H,1-3H3/t9?,11-,14+/m0/s1. The van der Waals surface area contributed by atoms with Gasteiger partial charge in [-0.3, -0.25) is 9.59 Å². The zero-order valence-corrected chi connectivity index (χ0v) is 10.7. The number of ether oxygens (including phenoxy) is 2. The minimum Gasteiger partial charge on any atom is -0.469 e. The molecule has 3 atom stereocenters. The van der Waals surface area contributed by atoms with Crippen LogP contribution in [0.15, 0.2) is 30.3 Å². The molecule has 18 heavy (non-hydrogen) atoms. The first-order valence-electron chi connectivity index (χ1n) is 5.82. The van der Waals surface area contributed by atoms with E-state index in [0.717, 1.165) is 5.56 Å². The Morgan fingerprint density at radius 3 is 2.22 bits per heavy atom. The van der Waals surface area contributed by atoms with Crippen molar-refractivity contribution in [3.05, 3.63) is 35.9 Å². The molecule has 0 heterocycles. The highest BCUT2D eigenvalue weighted by Crippen LogP contribution is 2.60. The van der Waals surface area contributed by atoms with E-state index in [1.54, 1.807) is 0 Å². The molecular weight excluding hydrogens is 232 g/mol. The predicted molar refractivity (Wildman–Crippen MR) is 64.8 cm³/mol. The van der Waals surface area contributed by atoms with Gasteiger partial charge in [0.05, 0.1) is 20.1 Å². The van der Waals surface area contributed by atoms with Gasteiger partial charge in [-0.15, -0.1) is 0 Å². The Hall–Kier alpha value is -1.84. The van der Waals surface area contributed by atoms with Gasteiger partial charge in [-0.1, -0.05) is 37.3 Å². The molecule has 0 radical (unpaired) electrons. The van der Waals surface area contributed by atoms with Gasteiger partial charge in [-0.05, 0) is 11.5 Å². The summed E-state index contributed by atoms with van der Waals surface area (Å²) in [5.41, 5.74) is -0.0805. The van der Waals surface area contributed by atoms with E-state index in [-0.39, 0.29) is 17.9 Å². The molecule has 1 aromatic rings. The molecular formula is C14H16O4. The monoisotopic (exact) mass is 248 g/mol. The minimum absolute atomic E-state index is 0.111. The zero-order valence-electron chi connectivity index (χ0n) is 10.7. The van der Waals surface area contributed by atoms with Gasteiger partial charge in [0.15, 0.2) is 0 Å². The van der Waals surface area contributed by atoms with E-state index in [0.29, 0.717) is 0 Å². The van der Waals surface area contributed by atoms with Gasteiger partial charge in [0.1, 0.15) is 5.41 Å². The summed E-state index contributed by atoms with van der Waals surface area (Å²) in [6, 6.07) is 9.25. The molecule has 0 N–H and O–H groups in total. The number of hydrogen-bond donors (Lipinski definition) is 0. The third kappa shape index (κ3) is 1.52. The number of carbonyl (C=O) groups is 2.